The molecule has 0 aliphatic heterocycles. The number of benzene rings is 2. The Morgan fingerprint density at radius 2 is 1.37 bits per heavy atom. The third-order valence-corrected chi connectivity index (χ3v) is 8.41. The number of carboxylic acid groups (broad SMARTS) is 3. The summed E-state index contributed by atoms with van der Waals surface area (Å²) in [6, 6.07) is 14.3. The summed E-state index contributed by atoms with van der Waals surface area (Å²) in [4.78, 5) is 61.2. The maximum absolute atomic E-state index is 13.4. The molecule has 3 atom stereocenters. The van der Waals surface area contributed by atoms with Crippen molar-refractivity contribution < 1.29 is 44.4 Å². The van der Waals surface area contributed by atoms with Crippen LogP contribution in [0.3, 0.4) is 0 Å². The molecule has 0 saturated carbocycles. The number of hydrogen-bond acceptors (Lipinski definition) is 7. The van der Waals surface area contributed by atoms with Gasteiger partial charge >= 0.3 is 17.9 Å². The van der Waals surface area contributed by atoms with Crippen molar-refractivity contribution in [2.45, 2.75) is 108 Å². The van der Waals surface area contributed by atoms with E-state index >= 15 is 0 Å². The molecule has 264 valence electrons. The highest BCUT2D eigenvalue weighted by Gasteiger charge is 2.49. The lowest BCUT2D eigenvalue weighted by atomic mass is 9.82. The zero-order valence-electron chi connectivity index (χ0n) is 28.1. The van der Waals surface area contributed by atoms with Crippen LogP contribution in [0.5, 0.6) is 0 Å². The molecule has 11 nitrogen and oxygen atoms in total. The van der Waals surface area contributed by atoms with E-state index in [9.17, 15) is 44.4 Å². The van der Waals surface area contributed by atoms with Gasteiger partial charge in [-0.15, -0.1) is 0 Å². The van der Waals surface area contributed by atoms with Crippen LogP contribution in [0.1, 0.15) is 102 Å². The second-order valence-corrected chi connectivity index (χ2v) is 12.4. The maximum atomic E-state index is 13.4. The van der Waals surface area contributed by atoms with Gasteiger partial charge in [0.15, 0.2) is 5.60 Å². The largest absolute Gasteiger partial charge is 0.481 e. The summed E-state index contributed by atoms with van der Waals surface area (Å²) in [7, 11) is 0. The molecule has 0 saturated heterocycles. The number of allylic oxidation sites excluding steroid dienone is 1. The van der Waals surface area contributed by atoms with Gasteiger partial charge in [-0.25, -0.2) is 9.59 Å². The Balaban J connectivity index is 2.03. The van der Waals surface area contributed by atoms with Crippen LogP contribution in [0.2, 0.25) is 0 Å². The van der Waals surface area contributed by atoms with E-state index < -0.39 is 47.8 Å². The summed E-state index contributed by atoms with van der Waals surface area (Å²) in [5.41, 5.74) is -0.320. The highest BCUT2D eigenvalue weighted by molar-refractivity contribution is 5.94. The molecule has 0 spiro atoms. The Kier molecular flexibility index (Phi) is 17.5. The van der Waals surface area contributed by atoms with E-state index in [1.807, 2.05) is 6.07 Å². The minimum Gasteiger partial charge on any atom is -0.481 e. The minimum atomic E-state index is -3.03. The standard InChI is InChI=1S/C38H48N2O9/c1-2-3-4-7-10-13-31(41)14-11-8-5-6-9-12-15-32(38(49,37(47)48)25-34(42)43)35(44)40-33(36(45)46)24-27-16-20-29(21-17-27)30-22-18-28(26-39)19-23-30/h12,15-23,32-33,49H,2-11,13-14,24-25H2,1H3,(H,40,44)(H,42,43)(H,45,46)(H,47,48)/b15-12+/t32-,33+,38+/m1/s1. The third-order valence-electron chi connectivity index (χ3n) is 8.41. The fourth-order valence-electron chi connectivity index (χ4n) is 5.50. The van der Waals surface area contributed by atoms with Crippen LogP contribution in [0.25, 0.3) is 11.1 Å². The summed E-state index contributed by atoms with van der Waals surface area (Å²) in [6.45, 7) is 2.15. The monoisotopic (exact) mass is 676 g/mol. The number of carbonyl (C=O) groups excluding carboxylic acids is 2. The SMILES string of the molecule is CCCCCCCC(=O)CCCCCC/C=C/[C@H](C(=O)N[C@@H](Cc1ccc(-c2ccc(C#N)cc2)cc1)C(=O)O)[C@@](O)(CC(=O)O)C(=O)O. The van der Waals surface area contributed by atoms with Crippen LogP contribution in [-0.2, 0) is 30.4 Å². The van der Waals surface area contributed by atoms with Crippen molar-refractivity contribution in [3.63, 3.8) is 0 Å². The first-order valence-corrected chi connectivity index (χ1v) is 16.9. The fraction of sp³-hybridized carbons (Fsp3) is 0.474. The van der Waals surface area contributed by atoms with Crippen LogP contribution in [0, 0.1) is 17.2 Å². The van der Waals surface area contributed by atoms with E-state index in [1.165, 1.54) is 12.5 Å². The number of carboxylic acids is 3. The van der Waals surface area contributed by atoms with Crippen LogP contribution in [0.15, 0.2) is 60.7 Å². The Hall–Kier alpha value is -4.82. The molecule has 0 heterocycles. The molecule has 11 heteroatoms. The van der Waals surface area contributed by atoms with E-state index in [2.05, 4.69) is 12.2 Å². The highest BCUT2D eigenvalue weighted by atomic mass is 16.4. The number of unbranched alkanes of at least 4 members (excludes halogenated alkanes) is 8. The zero-order valence-corrected chi connectivity index (χ0v) is 28.1. The molecule has 0 bridgehead atoms. The lowest BCUT2D eigenvalue weighted by molar-refractivity contribution is -0.172. The van der Waals surface area contributed by atoms with Gasteiger partial charge in [0.1, 0.15) is 11.8 Å². The van der Waals surface area contributed by atoms with Crippen molar-refractivity contribution in [3.8, 4) is 17.2 Å². The third kappa shape index (κ3) is 14.1. The molecule has 2 rings (SSSR count). The quantitative estimate of drug-likeness (QED) is 0.0641. The topological polar surface area (TPSA) is 202 Å². The van der Waals surface area contributed by atoms with Gasteiger partial charge in [0, 0.05) is 19.3 Å². The van der Waals surface area contributed by atoms with Gasteiger partial charge < -0.3 is 25.7 Å². The van der Waals surface area contributed by atoms with Gasteiger partial charge in [0.25, 0.3) is 0 Å². The number of aliphatic hydroxyl groups is 1. The molecule has 0 radical (unpaired) electrons. The predicted molar refractivity (Wildman–Crippen MR) is 183 cm³/mol. The van der Waals surface area contributed by atoms with Crippen LogP contribution in [-0.4, -0.2) is 61.7 Å². The van der Waals surface area contributed by atoms with Gasteiger partial charge in [-0.05, 0) is 54.5 Å². The number of nitriles is 1. The number of aliphatic carboxylic acids is 3. The van der Waals surface area contributed by atoms with Crippen molar-refractivity contribution in [3.05, 3.63) is 71.8 Å². The van der Waals surface area contributed by atoms with Gasteiger partial charge in [0.2, 0.25) is 5.91 Å². The van der Waals surface area contributed by atoms with Crippen molar-refractivity contribution >= 4 is 29.6 Å². The first-order chi connectivity index (χ1) is 23.4. The number of carbonyl (C=O) groups is 5. The van der Waals surface area contributed by atoms with E-state index in [0.29, 0.717) is 36.8 Å². The molecule has 2 aromatic rings. The maximum Gasteiger partial charge on any atom is 0.337 e. The molecular weight excluding hydrogens is 628 g/mol. The molecule has 5 N–H and O–H groups in total. The lowest BCUT2D eigenvalue weighted by Gasteiger charge is -2.29. The Bertz CT molecular complexity index is 1460. The Morgan fingerprint density at radius 1 is 0.816 bits per heavy atom. The Labute approximate surface area is 287 Å². The fourth-order valence-corrected chi connectivity index (χ4v) is 5.50. The van der Waals surface area contributed by atoms with Crippen molar-refractivity contribution in [1.82, 2.24) is 5.32 Å². The van der Waals surface area contributed by atoms with Crippen molar-refractivity contribution in [1.29, 1.82) is 5.26 Å². The minimum absolute atomic E-state index is 0.170. The van der Waals surface area contributed by atoms with Gasteiger partial charge in [-0.2, -0.15) is 5.26 Å². The number of ketones is 1. The highest BCUT2D eigenvalue weighted by Crippen LogP contribution is 2.26. The number of rotatable bonds is 24. The van der Waals surface area contributed by atoms with E-state index in [1.54, 1.807) is 48.5 Å². The summed E-state index contributed by atoms with van der Waals surface area (Å²) >= 11 is 0. The average molecular weight is 677 g/mol. The summed E-state index contributed by atoms with van der Waals surface area (Å²) < 4.78 is 0. The van der Waals surface area contributed by atoms with Crippen molar-refractivity contribution in [2.24, 2.45) is 5.92 Å². The molecule has 1 amide bonds. The predicted octanol–water partition coefficient (Wildman–Crippen LogP) is 6.07. The molecule has 0 unspecified atom stereocenters. The van der Waals surface area contributed by atoms with E-state index in [4.69, 9.17) is 5.26 Å². The number of nitrogens with zero attached hydrogens (tertiary/aromatic N) is 1. The van der Waals surface area contributed by atoms with Crippen molar-refractivity contribution in [2.75, 3.05) is 0 Å². The molecule has 49 heavy (non-hydrogen) atoms. The summed E-state index contributed by atoms with van der Waals surface area (Å²) in [5, 5.41) is 51.2. The summed E-state index contributed by atoms with van der Waals surface area (Å²) in [6.07, 6.45) is 11.2. The summed E-state index contributed by atoms with van der Waals surface area (Å²) in [5.74, 6) is -7.76. The first-order valence-electron chi connectivity index (χ1n) is 16.9. The molecule has 0 aromatic heterocycles. The lowest BCUT2D eigenvalue weighted by Crippen LogP contribution is -2.55. The molecule has 0 fully saturated rings. The smallest absolute Gasteiger partial charge is 0.337 e. The van der Waals surface area contributed by atoms with Crippen LogP contribution < -0.4 is 5.32 Å². The van der Waals surface area contributed by atoms with Crippen LogP contribution >= 0.6 is 0 Å². The van der Waals surface area contributed by atoms with Gasteiger partial charge in [-0.3, -0.25) is 14.4 Å². The number of nitrogens with one attached hydrogen (secondary N) is 1. The number of amides is 1. The van der Waals surface area contributed by atoms with Gasteiger partial charge in [0.05, 0.1) is 24.0 Å². The molecule has 0 aliphatic carbocycles. The van der Waals surface area contributed by atoms with E-state index in [0.717, 1.165) is 62.1 Å². The first kappa shape index (κ1) is 40.4. The number of Topliss-reactive ketones (excluding diaryl/α,β-unsaturated/α-hetero) is 1. The number of hydrogen-bond donors (Lipinski definition) is 5. The second-order valence-electron chi connectivity index (χ2n) is 12.4. The van der Waals surface area contributed by atoms with Gasteiger partial charge in [-0.1, -0.05) is 94.0 Å². The molecule has 0 aliphatic rings. The zero-order chi connectivity index (χ0) is 36.2. The Morgan fingerprint density at radius 3 is 1.88 bits per heavy atom. The normalized spacial score (nSPS) is 13.6. The average Bonchev–Trinajstić information content (AvgIpc) is 3.07. The molecule has 2 aromatic carbocycles. The second kappa shape index (κ2) is 21.2. The van der Waals surface area contributed by atoms with E-state index in [-0.39, 0.29) is 12.2 Å². The molecular formula is C38H48N2O9. The van der Waals surface area contributed by atoms with Crippen LogP contribution in [0.4, 0.5) is 0 Å².